The van der Waals surface area contributed by atoms with Gasteiger partial charge in [0, 0.05) is 41.1 Å². The predicted octanol–water partition coefficient (Wildman–Crippen LogP) is 4.19. The van der Waals surface area contributed by atoms with Crippen LogP contribution in [0, 0.1) is 6.92 Å². The summed E-state index contributed by atoms with van der Waals surface area (Å²) in [5.74, 6) is 2.37. The maximum absolute atomic E-state index is 5.89. The van der Waals surface area contributed by atoms with E-state index in [1.807, 2.05) is 31.3 Å². The number of nitrogens with zero attached hydrogens (tertiary/aromatic N) is 4. The smallest absolute Gasteiger partial charge is 0.191 e. The van der Waals surface area contributed by atoms with Crippen molar-refractivity contribution in [3.63, 3.8) is 0 Å². The van der Waals surface area contributed by atoms with E-state index in [4.69, 9.17) is 9.26 Å². The molecule has 0 aliphatic carbocycles. The van der Waals surface area contributed by atoms with Crippen molar-refractivity contribution in [3.8, 4) is 11.4 Å². The standard InChI is InChI=1S/C20H21N5O2S/c1-13-9-14(24-27-13)12-28-20-23-22-19(25(20)11-15-5-4-8-26-15)17-10-21-18-7-3-2-6-16(17)18/h2-3,6-7,9-10,15,21H,4-5,8,11-12H2,1H3. The third kappa shape index (κ3) is 3.33. The van der Waals surface area contributed by atoms with Gasteiger partial charge in [-0.25, -0.2) is 0 Å². The Morgan fingerprint density at radius 3 is 3.04 bits per heavy atom. The van der Waals surface area contributed by atoms with Crippen LogP contribution in [-0.4, -0.2) is 37.6 Å². The van der Waals surface area contributed by atoms with Gasteiger partial charge in [-0.3, -0.25) is 4.57 Å². The second-order valence-electron chi connectivity index (χ2n) is 7.02. The molecule has 0 bridgehead atoms. The van der Waals surface area contributed by atoms with Crippen molar-refractivity contribution >= 4 is 22.7 Å². The highest BCUT2D eigenvalue weighted by atomic mass is 32.2. The predicted molar refractivity (Wildman–Crippen MR) is 107 cm³/mol. The van der Waals surface area contributed by atoms with Gasteiger partial charge in [0.1, 0.15) is 5.76 Å². The number of nitrogens with one attached hydrogen (secondary N) is 1. The first kappa shape index (κ1) is 17.5. The number of fused-ring (bicyclic) bond motifs is 1. The van der Waals surface area contributed by atoms with Gasteiger partial charge in [0.25, 0.3) is 0 Å². The molecule has 1 N–H and O–H groups in total. The number of thioether (sulfide) groups is 1. The molecule has 1 saturated heterocycles. The zero-order valence-corrected chi connectivity index (χ0v) is 16.4. The van der Waals surface area contributed by atoms with E-state index in [9.17, 15) is 0 Å². The van der Waals surface area contributed by atoms with E-state index < -0.39 is 0 Å². The van der Waals surface area contributed by atoms with Crippen LogP contribution in [0.4, 0.5) is 0 Å². The highest BCUT2D eigenvalue weighted by Gasteiger charge is 2.23. The number of H-pyrrole nitrogens is 1. The molecule has 1 aliphatic rings. The normalized spacial score (nSPS) is 17.0. The number of ether oxygens (including phenoxy) is 1. The molecule has 5 rings (SSSR count). The maximum Gasteiger partial charge on any atom is 0.191 e. The van der Waals surface area contributed by atoms with Crippen LogP contribution >= 0.6 is 11.8 Å². The molecule has 3 aromatic heterocycles. The molecule has 7 nitrogen and oxygen atoms in total. The lowest BCUT2D eigenvalue weighted by molar-refractivity contribution is 0.0953. The lowest BCUT2D eigenvalue weighted by Gasteiger charge is -2.14. The van der Waals surface area contributed by atoms with Gasteiger partial charge in [-0.1, -0.05) is 35.1 Å². The van der Waals surface area contributed by atoms with Gasteiger partial charge in [-0.05, 0) is 25.8 Å². The number of aromatic nitrogens is 5. The van der Waals surface area contributed by atoms with Crippen molar-refractivity contribution in [2.24, 2.45) is 0 Å². The van der Waals surface area contributed by atoms with E-state index in [0.29, 0.717) is 5.75 Å². The zero-order chi connectivity index (χ0) is 18.9. The Morgan fingerprint density at radius 2 is 2.21 bits per heavy atom. The fraction of sp³-hybridized carbons (Fsp3) is 0.350. The van der Waals surface area contributed by atoms with Crippen LogP contribution in [0.25, 0.3) is 22.3 Å². The largest absolute Gasteiger partial charge is 0.376 e. The van der Waals surface area contributed by atoms with E-state index >= 15 is 0 Å². The van der Waals surface area contributed by atoms with Crippen LogP contribution in [0.15, 0.2) is 46.2 Å². The summed E-state index contributed by atoms with van der Waals surface area (Å²) in [6.07, 6.45) is 4.39. The van der Waals surface area contributed by atoms with Crippen LogP contribution in [0.2, 0.25) is 0 Å². The first-order chi connectivity index (χ1) is 13.8. The summed E-state index contributed by atoms with van der Waals surface area (Å²) in [5.41, 5.74) is 3.06. The van der Waals surface area contributed by atoms with Gasteiger partial charge in [-0.15, -0.1) is 10.2 Å². The molecule has 8 heteroatoms. The SMILES string of the molecule is Cc1cc(CSc2nnc(-c3c[nH]c4ccccc34)n2CC2CCCO2)no1. The van der Waals surface area contributed by atoms with Crippen molar-refractivity contribution in [3.05, 3.63) is 48.0 Å². The van der Waals surface area contributed by atoms with Crippen molar-refractivity contribution in [1.29, 1.82) is 0 Å². The summed E-state index contributed by atoms with van der Waals surface area (Å²) in [6.45, 7) is 3.48. The summed E-state index contributed by atoms with van der Waals surface area (Å²) < 4.78 is 13.2. The van der Waals surface area contributed by atoms with E-state index in [-0.39, 0.29) is 6.10 Å². The first-order valence-electron chi connectivity index (χ1n) is 9.44. The van der Waals surface area contributed by atoms with Crippen molar-refractivity contribution in [2.45, 2.75) is 43.3 Å². The molecule has 144 valence electrons. The molecule has 1 fully saturated rings. The van der Waals surface area contributed by atoms with Gasteiger partial charge >= 0.3 is 0 Å². The van der Waals surface area contributed by atoms with Gasteiger partial charge in [0.15, 0.2) is 11.0 Å². The van der Waals surface area contributed by atoms with Crippen molar-refractivity contribution < 1.29 is 9.26 Å². The number of hydrogen-bond acceptors (Lipinski definition) is 6. The maximum atomic E-state index is 5.89. The molecule has 1 aliphatic heterocycles. The highest BCUT2D eigenvalue weighted by Crippen LogP contribution is 2.32. The molecule has 4 heterocycles. The second kappa shape index (κ2) is 7.44. The van der Waals surface area contributed by atoms with E-state index in [1.54, 1.807) is 11.8 Å². The highest BCUT2D eigenvalue weighted by molar-refractivity contribution is 7.98. The second-order valence-corrected chi connectivity index (χ2v) is 7.96. The van der Waals surface area contributed by atoms with Gasteiger partial charge in [0.05, 0.1) is 18.3 Å². The topological polar surface area (TPSA) is 81.8 Å². The van der Waals surface area contributed by atoms with Gasteiger partial charge in [-0.2, -0.15) is 0 Å². The third-order valence-electron chi connectivity index (χ3n) is 4.98. The minimum absolute atomic E-state index is 0.202. The van der Waals surface area contributed by atoms with E-state index in [1.165, 1.54) is 0 Å². The summed E-state index contributed by atoms with van der Waals surface area (Å²) in [7, 11) is 0. The minimum atomic E-state index is 0.202. The quantitative estimate of drug-likeness (QED) is 0.493. The molecular weight excluding hydrogens is 374 g/mol. The first-order valence-corrected chi connectivity index (χ1v) is 10.4. The Hall–Kier alpha value is -2.58. The van der Waals surface area contributed by atoms with Crippen LogP contribution in [-0.2, 0) is 17.0 Å². The Kier molecular flexibility index (Phi) is 4.66. The Labute approximate surface area is 166 Å². The number of benzene rings is 1. The molecule has 4 aromatic rings. The molecule has 1 unspecified atom stereocenters. The average Bonchev–Trinajstić information content (AvgIpc) is 3.48. The van der Waals surface area contributed by atoms with E-state index in [0.717, 1.165) is 64.9 Å². The molecule has 1 atom stereocenters. The summed E-state index contributed by atoms with van der Waals surface area (Å²) in [5, 5.41) is 15.1. The molecule has 28 heavy (non-hydrogen) atoms. The van der Waals surface area contributed by atoms with Crippen molar-refractivity contribution in [1.82, 2.24) is 24.9 Å². The number of hydrogen-bond donors (Lipinski definition) is 1. The molecular formula is C20H21N5O2S. The minimum Gasteiger partial charge on any atom is -0.376 e. The number of aryl methyl sites for hydroxylation is 1. The van der Waals surface area contributed by atoms with Crippen LogP contribution in [0.5, 0.6) is 0 Å². The van der Waals surface area contributed by atoms with E-state index in [2.05, 4.69) is 37.0 Å². The Balaban J connectivity index is 1.50. The number of rotatable bonds is 6. The summed E-state index contributed by atoms with van der Waals surface area (Å²) >= 11 is 1.62. The Bertz CT molecular complexity index is 1090. The zero-order valence-electron chi connectivity index (χ0n) is 15.6. The lowest BCUT2D eigenvalue weighted by Crippen LogP contribution is -2.16. The van der Waals surface area contributed by atoms with Crippen LogP contribution in [0.3, 0.4) is 0 Å². The molecule has 0 amide bonds. The fourth-order valence-electron chi connectivity index (χ4n) is 3.63. The summed E-state index contributed by atoms with van der Waals surface area (Å²) in [6, 6.07) is 10.2. The fourth-order valence-corrected chi connectivity index (χ4v) is 4.46. The van der Waals surface area contributed by atoms with Crippen molar-refractivity contribution in [2.75, 3.05) is 6.61 Å². The summed E-state index contributed by atoms with van der Waals surface area (Å²) in [4.78, 5) is 3.34. The molecule has 0 spiro atoms. The molecule has 0 radical (unpaired) electrons. The van der Waals surface area contributed by atoms with Gasteiger partial charge in [0.2, 0.25) is 0 Å². The number of aromatic amines is 1. The lowest BCUT2D eigenvalue weighted by atomic mass is 10.1. The third-order valence-corrected chi connectivity index (χ3v) is 5.98. The Morgan fingerprint density at radius 1 is 1.29 bits per heavy atom. The number of para-hydroxylation sites is 1. The van der Waals surface area contributed by atoms with Crippen LogP contribution in [0.1, 0.15) is 24.3 Å². The van der Waals surface area contributed by atoms with Crippen LogP contribution < -0.4 is 0 Å². The van der Waals surface area contributed by atoms with Gasteiger partial charge < -0.3 is 14.2 Å². The average molecular weight is 395 g/mol. The molecule has 1 aromatic carbocycles. The molecule has 0 saturated carbocycles. The monoisotopic (exact) mass is 395 g/mol.